The van der Waals surface area contributed by atoms with E-state index in [4.69, 9.17) is 16.3 Å². The molecule has 0 aliphatic carbocycles. The predicted molar refractivity (Wildman–Crippen MR) is 97.6 cm³/mol. The van der Waals surface area contributed by atoms with Crippen LogP contribution >= 0.6 is 22.9 Å². The van der Waals surface area contributed by atoms with E-state index in [0.717, 1.165) is 17.4 Å². The molecule has 3 rings (SSSR count). The monoisotopic (exact) mass is 396 g/mol. The maximum absolute atomic E-state index is 14.3. The standard InChI is InChI=1S/C18H15ClF2N2O2S/c1-2-25-8-7-23-16-14(21)9-11(20)10-15(16)26-18(23)22-17(24)12-5-3-4-6-13(12)19/h3-6,9-10H,2,7-8H2,1H3. The molecule has 3 aromatic rings. The van der Waals surface area contributed by atoms with E-state index in [1.807, 2.05) is 6.92 Å². The maximum atomic E-state index is 14.3. The molecule has 0 bridgehead atoms. The molecule has 8 heteroatoms. The van der Waals surface area contributed by atoms with Crippen molar-refractivity contribution in [3.8, 4) is 0 Å². The molecular formula is C18H15ClF2N2O2S. The number of carbonyl (C=O) groups is 1. The molecule has 2 aromatic carbocycles. The molecule has 0 fully saturated rings. The van der Waals surface area contributed by atoms with Crippen LogP contribution in [0.4, 0.5) is 8.78 Å². The lowest BCUT2D eigenvalue weighted by Crippen LogP contribution is -2.20. The van der Waals surface area contributed by atoms with Gasteiger partial charge in [0, 0.05) is 19.2 Å². The summed E-state index contributed by atoms with van der Waals surface area (Å²) in [4.78, 5) is 16.8. The smallest absolute Gasteiger partial charge is 0.281 e. The van der Waals surface area contributed by atoms with E-state index in [0.29, 0.717) is 17.9 Å². The predicted octanol–water partition coefficient (Wildman–Crippen LogP) is 4.41. The average molecular weight is 397 g/mol. The minimum absolute atomic E-state index is 0.196. The Morgan fingerprint density at radius 3 is 2.81 bits per heavy atom. The Morgan fingerprint density at radius 1 is 1.31 bits per heavy atom. The molecule has 0 N–H and O–H groups in total. The van der Waals surface area contributed by atoms with Gasteiger partial charge in [-0.15, -0.1) is 0 Å². The highest BCUT2D eigenvalue weighted by atomic mass is 35.5. The molecule has 0 aliphatic rings. The third-order valence-electron chi connectivity index (χ3n) is 3.66. The van der Waals surface area contributed by atoms with E-state index in [1.165, 1.54) is 10.6 Å². The van der Waals surface area contributed by atoms with Gasteiger partial charge in [-0.25, -0.2) is 8.78 Å². The van der Waals surface area contributed by atoms with E-state index in [-0.39, 0.29) is 27.4 Å². The zero-order chi connectivity index (χ0) is 18.7. The van der Waals surface area contributed by atoms with Crippen LogP contribution < -0.4 is 4.80 Å². The summed E-state index contributed by atoms with van der Waals surface area (Å²) in [6, 6.07) is 8.57. The highest BCUT2D eigenvalue weighted by Crippen LogP contribution is 2.23. The van der Waals surface area contributed by atoms with Crippen LogP contribution in [0, 0.1) is 11.6 Å². The van der Waals surface area contributed by atoms with Crippen molar-refractivity contribution in [1.82, 2.24) is 4.57 Å². The quantitative estimate of drug-likeness (QED) is 0.599. The highest BCUT2D eigenvalue weighted by molar-refractivity contribution is 7.16. The second-order valence-electron chi connectivity index (χ2n) is 5.36. The molecule has 26 heavy (non-hydrogen) atoms. The molecule has 4 nitrogen and oxygen atoms in total. The van der Waals surface area contributed by atoms with Gasteiger partial charge in [0.15, 0.2) is 10.6 Å². The Bertz CT molecular complexity index is 1030. The number of nitrogens with zero attached hydrogens (tertiary/aromatic N) is 2. The normalized spacial score (nSPS) is 12.1. The molecule has 1 amide bonds. The Hall–Kier alpha value is -2.09. The Kier molecular flexibility index (Phi) is 5.80. The second kappa shape index (κ2) is 8.07. The van der Waals surface area contributed by atoms with Gasteiger partial charge in [0.05, 0.1) is 27.4 Å². The van der Waals surface area contributed by atoms with Gasteiger partial charge in [0.25, 0.3) is 5.91 Å². The van der Waals surface area contributed by atoms with Gasteiger partial charge in [-0.2, -0.15) is 4.99 Å². The van der Waals surface area contributed by atoms with E-state index in [9.17, 15) is 13.6 Å². The number of hydrogen-bond acceptors (Lipinski definition) is 3. The zero-order valence-electron chi connectivity index (χ0n) is 13.8. The summed E-state index contributed by atoms with van der Waals surface area (Å²) in [5.41, 5.74) is 0.441. The zero-order valence-corrected chi connectivity index (χ0v) is 15.4. The SMILES string of the molecule is CCOCCn1c(=NC(=O)c2ccccc2Cl)sc2cc(F)cc(F)c21. The fourth-order valence-corrected chi connectivity index (χ4v) is 3.81. The van der Waals surface area contributed by atoms with E-state index >= 15 is 0 Å². The number of aromatic nitrogens is 1. The van der Waals surface area contributed by atoms with E-state index in [1.54, 1.807) is 24.3 Å². The van der Waals surface area contributed by atoms with Crippen LogP contribution in [0.1, 0.15) is 17.3 Å². The Balaban J connectivity index is 2.14. The highest BCUT2D eigenvalue weighted by Gasteiger charge is 2.15. The third kappa shape index (κ3) is 3.85. The number of hydrogen-bond donors (Lipinski definition) is 0. The van der Waals surface area contributed by atoms with Crippen molar-refractivity contribution in [3.05, 3.63) is 63.4 Å². The molecule has 0 spiro atoms. The van der Waals surface area contributed by atoms with Crippen LogP contribution in [0.5, 0.6) is 0 Å². The summed E-state index contributed by atoms with van der Waals surface area (Å²) in [5, 5.41) is 0.278. The number of rotatable bonds is 5. The molecular weight excluding hydrogens is 382 g/mol. The molecule has 0 saturated carbocycles. The van der Waals surface area contributed by atoms with Crippen LogP contribution in [0.25, 0.3) is 10.2 Å². The largest absolute Gasteiger partial charge is 0.380 e. The topological polar surface area (TPSA) is 43.6 Å². The molecule has 136 valence electrons. The minimum Gasteiger partial charge on any atom is -0.380 e. The van der Waals surface area contributed by atoms with Crippen molar-refractivity contribution in [2.24, 2.45) is 4.99 Å². The van der Waals surface area contributed by atoms with E-state index in [2.05, 4.69) is 4.99 Å². The van der Waals surface area contributed by atoms with Gasteiger partial charge >= 0.3 is 0 Å². The van der Waals surface area contributed by atoms with Crippen LogP contribution in [0.15, 0.2) is 41.4 Å². The molecule has 1 heterocycles. The summed E-state index contributed by atoms with van der Waals surface area (Å²) in [7, 11) is 0. The summed E-state index contributed by atoms with van der Waals surface area (Å²) in [6.45, 7) is 2.95. The fraction of sp³-hybridized carbons (Fsp3) is 0.222. The molecule has 0 radical (unpaired) electrons. The second-order valence-corrected chi connectivity index (χ2v) is 6.78. The van der Waals surface area contributed by atoms with Crippen LogP contribution in [0.2, 0.25) is 5.02 Å². The van der Waals surface area contributed by atoms with Crippen molar-refractivity contribution in [2.45, 2.75) is 13.5 Å². The number of fused-ring (bicyclic) bond motifs is 1. The summed E-state index contributed by atoms with van der Waals surface area (Å²) in [5.74, 6) is -1.94. The molecule has 0 unspecified atom stereocenters. The molecule has 0 atom stereocenters. The minimum atomic E-state index is -0.709. The van der Waals surface area contributed by atoms with Gasteiger partial charge < -0.3 is 9.30 Å². The number of benzene rings is 2. The van der Waals surface area contributed by atoms with Crippen molar-refractivity contribution in [3.63, 3.8) is 0 Å². The van der Waals surface area contributed by atoms with Crippen LogP contribution in [-0.2, 0) is 11.3 Å². The van der Waals surface area contributed by atoms with Crippen molar-refractivity contribution >= 4 is 39.1 Å². The Labute approximate surface area is 157 Å². The van der Waals surface area contributed by atoms with Gasteiger partial charge in [0.2, 0.25) is 0 Å². The van der Waals surface area contributed by atoms with Crippen molar-refractivity contribution in [1.29, 1.82) is 0 Å². The number of amides is 1. The number of thiazole rings is 1. The van der Waals surface area contributed by atoms with Gasteiger partial charge in [-0.1, -0.05) is 35.1 Å². The first-order valence-corrected chi connectivity index (χ1v) is 9.10. The lowest BCUT2D eigenvalue weighted by molar-refractivity contribution is 0.0996. The van der Waals surface area contributed by atoms with Gasteiger partial charge in [-0.05, 0) is 25.1 Å². The first kappa shape index (κ1) is 18.7. The van der Waals surface area contributed by atoms with E-state index < -0.39 is 17.5 Å². The van der Waals surface area contributed by atoms with Crippen LogP contribution in [0.3, 0.4) is 0 Å². The number of halogens is 3. The van der Waals surface area contributed by atoms with Gasteiger partial charge in [0.1, 0.15) is 5.82 Å². The molecule has 1 aromatic heterocycles. The number of carbonyl (C=O) groups excluding carboxylic acids is 1. The summed E-state index contributed by atoms with van der Waals surface area (Å²) >= 11 is 7.07. The summed E-state index contributed by atoms with van der Waals surface area (Å²) < 4.78 is 35.1. The third-order valence-corrected chi connectivity index (χ3v) is 5.02. The first-order chi connectivity index (χ1) is 12.5. The first-order valence-electron chi connectivity index (χ1n) is 7.91. The Morgan fingerprint density at radius 2 is 2.08 bits per heavy atom. The average Bonchev–Trinajstić information content (AvgIpc) is 2.92. The van der Waals surface area contributed by atoms with Gasteiger partial charge in [-0.3, -0.25) is 4.79 Å². The maximum Gasteiger partial charge on any atom is 0.281 e. The summed E-state index contributed by atoms with van der Waals surface area (Å²) in [6.07, 6.45) is 0. The molecule has 0 aliphatic heterocycles. The lowest BCUT2D eigenvalue weighted by atomic mass is 10.2. The van der Waals surface area contributed by atoms with Crippen molar-refractivity contribution < 1.29 is 18.3 Å². The lowest BCUT2D eigenvalue weighted by Gasteiger charge is -2.06. The molecule has 0 saturated heterocycles. The van der Waals surface area contributed by atoms with Crippen molar-refractivity contribution in [2.75, 3.05) is 13.2 Å². The van der Waals surface area contributed by atoms with Crippen LogP contribution in [-0.4, -0.2) is 23.7 Å². The fourth-order valence-electron chi connectivity index (χ4n) is 2.50. The number of ether oxygens (including phenoxy) is 1.